The summed E-state index contributed by atoms with van der Waals surface area (Å²) in [5, 5.41) is 2.82. The van der Waals surface area contributed by atoms with E-state index in [-0.39, 0.29) is 10.8 Å². The van der Waals surface area contributed by atoms with Gasteiger partial charge < -0.3 is 5.32 Å². The fourth-order valence-electron chi connectivity index (χ4n) is 0.357. The van der Waals surface area contributed by atoms with Gasteiger partial charge in [-0.1, -0.05) is 11.8 Å². The van der Waals surface area contributed by atoms with Crippen LogP contribution in [0.5, 0.6) is 0 Å². The van der Waals surface area contributed by atoms with Crippen LogP contribution in [-0.2, 0) is 0 Å². The molecular formula is C6H13NOS. The lowest BCUT2D eigenvalue weighted by molar-refractivity contribution is 0.253. The first-order chi connectivity index (χ1) is 3.95. The van der Waals surface area contributed by atoms with Crippen LogP contribution in [-0.4, -0.2) is 17.0 Å². The zero-order chi connectivity index (χ0) is 7.49. The maximum absolute atomic E-state index is 10.7. The normalized spacial score (nSPS) is 11.1. The SMILES string of the molecule is CSC(=O)NC(C)(C)C. The Morgan fingerprint density at radius 2 is 1.89 bits per heavy atom. The quantitative estimate of drug-likeness (QED) is 0.566. The maximum Gasteiger partial charge on any atom is 0.279 e. The van der Waals surface area contributed by atoms with Gasteiger partial charge in [-0.15, -0.1) is 0 Å². The van der Waals surface area contributed by atoms with Gasteiger partial charge >= 0.3 is 0 Å². The van der Waals surface area contributed by atoms with Crippen LogP contribution in [0.3, 0.4) is 0 Å². The van der Waals surface area contributed by atoms with Crippen molar-refractivity contribution < 1.29 is 4.79 Å². The third-order valence-corrected chi connectivity index (χ3v) is 1.14. The Balaban J connectivity index is 3.60. The predicted octanol–water partition coefficient (Wildman–Crippen LogP) is 1.86. The number of carbonyl (C=O) groups is 1. The van der Waals surface area contributed by atoms with E-state index in [4.69, 9.17) is 0 Å². The third kappa shape index (κ3) is 5.69. The van der Waals surface area contributed by atoms with E-state index in [0.717, 1.165) is 0 Å². The van der Waals surface area contributed by atoms with E-state index in [2.05, 4.69) is 5.32 Å². The van der Waals surface area contributed by atoms with E-state index in [9.17, 15) is 4.79 Å². The van der Waals surface area contributed by atoms with Crippen molar-refractivity contribution in [2.75, 3.05) is 6.26 Å². The van der Waals surface area contributed by atoms with E-state index in [1.165, 1.54) is 11.8 Å². The van der Waals surface area contributed by atoms with Crippen LogP contribution in [0.15, 0.2) is 0 Å². The molecule has 0 aliphatic carbocycles. The molecule has 0 saturated carbocycles. The van der Waals surface area contributed by atoms with Gasteiger partial charge in [0, 0.05) is 5.54 Å². The van der Waals surface area contributed by atoms with Crippen molar-refractivity contribution in [2.24, 2.45) is 0 Å². The van der Waals surface area contributed by atoms with Gasteiger partial charge in [0.1, 0.15) is 0 Å². The molecule has 0 atom stereocenters. The van der Waals surface area contributed by atoms with Gasteiger partial charge in [0.2, 0.25) is 0 Å². The second-order valence-electron chi connectivity index (χ2n) is 2.87. The molecule has 0 aromatic rings. The summed E-state index contributed by atoms with van der Waals surface area (Å²) in [7, 11) is 0. The molecule has 0 aliphatic rings. The van der Waals surface area contributed by atoms with Crippen molar-refractivity contribution in [3.05, 3.63) is 0 Å². The van der Waals surface area contributed by atoms with E-state index in [0.29, 0.717) is 0 Å². The zero-order valence-corrected chi connectivity index (χ0v) is 7.13. The number of rotatable bonds is 0. The van der Waals surface area contributed by atoms with Gasteiger partial charge in [-0.2, -0.15) is 0 Å². The number of nitrogens with one attached hydrogen (secondary N) is 1. The summed E-state index contributed by atoms with van der Waals surface area (Å²) in [5.74, 6) is 0. The minimum Gasteiger partial charge on any atom is -0.342 e. The molecule has 0 aromatic carbocycles. The molecule has 0 spiro atoms. The summed E-state index contributed by atoms with van der Waals surface area (Å²) >= 11 is 1.20. The minimum absolute atomic E-state index is 0.0301. The highest BCUT2D eigenvalue weighted by molar-refractivity contribution is 8.12. The molecule has 9 heavy (non-hydrogen) atoms. The van der Waals surface area contributed by atoms with Crippen LogP contribution in [0.4, 0.5) is 4.79 Å². The third-order valence-electron chi connectivity index (χ3n) is 0.662. The highest BCUT2D eigenvalue weighted by atomic mass is 32.2. The Morgan fingerprint density at radius 3 is 2.00 bits per heavy atom. The number of hydrogen-bond acceptors (Lipinski definition) is 2. The summed E-state index contributed by atoms with van der Waals surface area (Å²) < 4.78 is 0. The molecule has 0 aliphatic heterocycles. The van der Waals surface area contributed by atoms with Crippen LogP contribution in [0.25, 0.3) is 0 Å². The van der Waals surface area contributed by atoms with Crippen molar-refractivity contribution in [1.82, 2.24) is 5.32 Å². The molecule has 2 nitrogen and oxygen atoms in total. The van der Waals surface area contributed by atoms with Gasteiger partial charge in [0.25, 0.3) is 5.24 Å². The average molecular weight is 147 g/mol. The van der Waals surface area contributed by atoms with Gasteiger partial charge in [-0.3, -0.25) is 4.79 Å². The van der Waals surface area contributed by atoms with E-state index < -0.39 is 0 Å². The fourth-order valence-corrected chi connectivity index (χ4v) is 0.765. The average Bonchev–Trinajstić information content (AvgIpc) is 1.62. The van der Waals surface area contributed by atoms with Gasteiger partial charge in [0.15, 0.2) is 0 Å². The predicted molar refractivity (Wildman–Crippen MR) is 41.8 cm³/mol. The first-order valence-corrected chi connectivity index (χ1v) is 4.04. The summed E-state index contributed by atoms with van der Waals surface area (Å²) in [6, 6.07) is 0. The zero-order valence-electron chi connectivity index (χ0n) is 6.32. The highest BCUT2D eigenvalue weighted by Crippen LogP contribution is 2.02. The Hall–Kier alpha value is -0.180. The Kier molecular flexibility index (Phi) is 3.04. The summed E-state index contributed by atoms with van der Waals surface area (Å²) in [6.45, 7) is 5.88. The Labute approximate surface area is 60.4 Å². The van der Waals surface area contributed by atoms with E-state index in [1.54, 1.807) is 6.26 Å². The van der Waals surface area contributed by atoms with Crippen molar-refractivity contribution in [3.63, 3.8) is 0 Å². The van der Waals surface area contributed by atoms with E-state index in [1.807, 2.05) is 20.8 Å². The lowest BCUT2D eigenvalue weighted by atomic mass is 10.1. The topological polar surface area (TPSA) is 29.1 Å². The molecule has 1 N–H and O–H groups in total. The molecular weight excluding hydrogens is 134 g/mol. The number of carbonyl (C=O) groups excluding carboxylic acids is 1. The largest absolute Gasteiger partial charge is 0.342 e. The molecule has 0 heterocycles. The molecule has 1 amide bonds. The second-order valence-corrected chi connectivity index (χ2v) is 3.65. The molecule has 3 heteroatoms. The van der Waals surface area contributed by atoms with Crippen molar-refractivity contribution in [1.29, 1.82) is 0 Å². The van der Waals surface area contributed by atoms with Gasteiger partial charge in [-0.05, 0) is 27.0 Å². The lowest BCUT2D eigenvalue weighted by Crippen LogP contribution is -2.38. The molecule has 0 fully saturated rings. The van der Waals surface area contributed by atoms with Crippen molar-refractivity contribution in [2.45, 2.75) is 26.3 Å². The molecule has 54 valence electrons. The highest BCUT2D eigenvalue weighted by Gasteiger charge is 2.11. The van der Waals surface area contributed by atoms with Crippen LogP contribution in [0.1, 0.15) is 20.8 Å². The second kappa shape index (κ2) is 3.11. The summed E-state index contributed by atoms with van der Waals surface area (Å²) in [4.78, 5) is 10.7. The molecule has 0 radical (unpaired) electrons. The molecule has 0 rings (SSSR count). The monoisotopic (exact) mass is 147 g/mol. The molecule has 0 bridgehead atoms. The number of thioether (sulfide) groups is 1. The molecule has 0 unspecified atom stereocenters. The Morgan fingerprint density at radius 1 is 1.44 bits per heavy atom. The van der Waals surface area contributed by atoms with Gasteiger partial charge in [-0.25, -0.2) is 0 Å². The smallest absolute Gasteiger partial charge is 0.279 e. The Bertz CT molecular complexity index is 106. The molecule has 0 saturated heterocycles. The van der Waals surface area contributed by atoms with Crippen LogP contribution in [0.2, 0.25) is 0 Å². The van der Waals surface area contributed by atoms with Crippen molar-refractivity contribution >= 4 is 17.0 Å². The first kappa shape index (κ1) is 8.82. The van der Waals surface area contributed by atoms with Crippen LogP contribution >= 0.6 is 11.8 Å². The first-order valence-electron chi connectivity index (χ1n) is 2.82. The van der Waals surface area contributed by atoms with Crippen LogP contribution < -0.4 is 5.32 Å². The minimum atomic E-state index is -0.0971. The lowest BCUT2D eigenvalue weighted by Gasteiger charge is -2.18. The molecule has 0 aromatic heterocycles. The van der Waals surface area contributed by atoms with Crippen LogP contribution in [0, 0.1) is 0 Å². The van der Waals surface area contributed by atoms with Gasteiger partial charge in [0.05, 0.1) is 0 Å². The standard InChI is InChI=1S/C6H13NOS/c1-6(2,3)7-5(8)9-4/h1-4H3,(H,7,8). The maximum atomic E-state index is 10.7. The summed E-state index contributed by atoms with van der Waals surface area (Å²) in [6.07, 6.45) is 1.76. The fraction of sp³-hybridized carbons (Fsp3) is 0.833. The van der Waals surface area contributed by atoms with Crippen molar-refractivity contribution in [3.8, 4) is 0 Å². The number of hydrogen-bond donors (Lipinski definition) is 1. The number of amides is 1. The van der Waals surface area contributed by atoms with E-state index >= 15 is 0 Å². The summed E-state index contributed by atoms with van der Waals surface area (Å²) in [5.41, 5.74) is -0.0971.